The van der Waals surface area contributed by atoms with E-state index in [2.05, 4.69) is 39.8 Å². The molecule has 1 aliphatic rings. The van der Waals surface area contributed by atoms with Gasteiger partial charge >= 0.3 is 0 Å². The lowest BCUT2D eigenvalue weighted by molar-refractivity contribution is 0.415. The summed E-state index contributed by atoms with van der Waals surface area (Å²) in [6, 6.07) is 16.1. The van der Waals surface area contributed by atoms with Gasteiger partial charge in [0.1, 0.15) is 5.75 Å². The van der Waals surface area contributed by atoms with Crippen LogP contribution >= 0.6 is 12.2 Å². The summed E-state index contributed by atoms with van der Waals surface area (Å²) in [6.07, 6.45) is 3.92. The number of thiocarbonyl (C=S) groups is 1. The Morgan fingerprint density at radius 2 is 1.42 bits per heavy atom. The average molecular weight is 341 g/mol. The van der Waals surface area contributed by atoms with Gasteiger partial charge in [0.25, 0.3) is 0 Å². The second-order valence-electron chi connectivity index (χ2n) is 5.90. The first-order valence-corrected chi connectivity index (χ1v) is 8.72. The van der Waals surface area contributed by atoms with Crippen molar-refractivity contribution in [3.63, 3.8) is 0 Å². The number of hydrogen-bond donors (Lipinski definition) is 2. The van der Waals surface area contributed by atoms with Crippen molar-refractivity contribution in [1.82, 2.24) is 0 Å². The molecule has 0 unspecified atom stereocenters. The zero-order chi connectivity index (χ0) is 16.8. The van der Waals surface area contributed by atoms with E-state index < -0.39 is 0 Å². The standard InChI is InChI=1S/C19H23N3OS/c1-23-18-11-7-16(8-12-18)21-19(24)20-15-5-9-17(10-6-15)22-13-3-2-4-14-22/h5-12H,2-4,13-14H2,1H3,(H2,20,21,24). The molecule has 0 aromatic heterocycles. The summed E-state index contributed by atoms with van der Waals surface area (Å²) in [4.78, 5) is 2.45. The minimum Gasteiger partial charge on any atom is -0.497 e. The molecular formula is C19H23N3OS. The van der Waals surface area contributed by atoms with E-state index in [4.69, 9.17) is 17.0 Å². The molecule has 0 bridgehead atoms. The summed E-state index contributed by atoms with van der Waals surface area (Å²) in [5.41, 5.74) is 3.20. The Bertz CT molecular complexity index is 664. The molecule has 0 saturated carbocycles. The SMILES string of the molecule is COc1ccc(NC(=S)Nc2ccc(N3CCCCC3)cc2)cc1. The van der Waals surface area contributed by atoms with Crippen LogP contribution in [-0.2, 0) is 0 Å². The van der Waals surface area contributed by atoms with E-state index in [0.29, 0.717) is 5.11 Å². The third kappa shape index (κ3) is 4.38. The van der Waals surface area contributed by atoms with Crippen molar-refractivity contribution in [2.45, 2.75) is 19.3 Å². The predicted octanol–water partition coefficient (Wildman–Crippen LogP) is 4.49. The van der Waals surface area contributed by atoms with E-state index >= 15 is 0 Å². The summed E-state index contributed by atoms with van der Waals surface area (Å²) < 4.78 is 5.15. The van der Waals surface area contributed by atoms with Gasteiger partial charge in [-0.25, -0.2) is 0 Å². The van der Waals surface area contributed by atoms with E-state index in [1.165, 1.54) is 24.9 Å². The van der Waals surface area contributed by atoms with Gasteiger partial charge in [-0.15, -0.1) is 0 Å². The zero-order valence-corrected chi connectivity index (χ0v) is 14.7. The maximum Gasteiger partial charge on any atom is 0.175 e. The Labute approximate surface area is 148 Å². The molecule has 0 radical (unpaired) electrons. The first-order chi connectivity index (χ1) is 11.7. The molecule has 1 fully saturated rings. The normalized spacial score (nSPS) is 14.1. The summed E-state index contributed by atoms with van der Waals surface area (Å²) >= 11 is 5.37. The second-order valence-corrected chi connectivity index (χ2v) is 6.31. The highest BCUT2D eigenvalue weighted by Gasteiger charge is 2.10. The highest BCUT2D eigenvalue weighted by Crippen LogP contribution is 2.22. The van der Waals surface area contributed by atoms with Crippen molar-refractivity contribution in [3.05, 3.63) is 48.5 Å². The van der Waals surface area contributed by atoms with E-state index in [1.807, 2.05) is 24.3 Å². The molecule has 1 aliphatic heterocycles. The first-order valence-electron chi connectivity index (χ1n) is 8.32. The summed E-state index contributed by atoms with van der Waals surface area (Å²) in [7, 11) is 1.65. The van der Waals surface area contributed by atoms with E-state index in [-0.39, 0.29) is 0 Å². The number of nitrogens with one attached hydrogen (secondary N) is 2. The molecular weight excluding hydrogens is 318 g/mol. The summed E-state index contributed by atoms with van der Waals surface area (Å²) in [6.45, 7) is 2.31. The Balaban J connectivity index is 1.55. The lowest BCUT2D eigenvalue weighted by Gasteiger charge is -2.28. The molecule has 0 atom stereocenters. The predicted molar refractivity (Wildman–Crippen MR) is 105 cm³/mol. The summed E-state index contributed by atoms with van der Waals surface area (Å²) in [5, 5.41) is 6.97. The van der Waals surface area contributed by atoms with Crippen molar-refractivity contribution in [3.8, 4) is 5.75 Å². The van der Waals surface area contributed by atoms with Gasteiger partial charge in [-0.1, -0.05) is 0 Å². The highest BCUT2D eigenvalue weighted by molar-refractivity contribution is 7.80. The fourth-order valence-corrected chi connectivity index (χ4v) is 3.11. The lowest BCUT2D eigenvalue weighted by atomic mass is 10.1. The Hall–Kier alpha value is -2.27. The van der Waals surface area contributed by atoms with Crippen LogP contribution in [0.15, 0.2) is 48.5 Å². The average Bonchev–Trinajstić information content (AvgIpc) is 2.64. The van der Waals surface area contributed by atoms with Gasteiger partial charge in [0.2, 0.25) is 0 Å². The van der Waals surface area contributed by atoms with Gasteiger partial charge < -0.3 is 20.3 Å². The van der Waals surface area contributed by atoms with E-state index in [9.17, 15) is 0 Å². The molecule has 0 aliphatic carbocycles. The Morgan fingerprint density at radius 3 is 1.96 bits per heavy atom. The van der Waals surface area contributed by atoms with Crippen molar-refractivity contribution in [2.75, 3.05) is 35.7 Å². The number of methoxy groups -OCH3 is 1. The first kappa shape index (κ1) is 16.6. The zero-order valence-electron chi connectivity index (χ0n) is 13.9. The van der Waals surface area contributed by atoms with E-state index in [0.717, 1.165) is 30.2 Å². The van der Waals surface area contributed by atoms with Gasteiger partial charge in [-0.2, -0.15) is 0 Å². The molecule has 4 nitrogen and oxygen atoms in total. The second kappa shape index (κ2) is 8.02. The van der Waals surface area contributed by atoms with Crippen LogP contribution in [0.3, 0.4) is 0 Å². The van der Waals surface area contributed by atoms with Gasteiger partial charge in [-0.3, -0.25) is 0 Å². The van der Waals surface area contributed by atoms with Crippen molar-refractivity contribution < 1.29 is 4.74 Å². The Morgan fingerprint density at radius 1 is 0.875 bits per heavy atom. The van der Waals surface area contributed by atoms with Crippen LogP contribution in [0.5, 0.6) is 5.75 Å². The number of nitrogens with zero attached hydrogens (tertiary/aromatic N) is 1. The van der Waals surface area contributed by atoms with Crippen molar-refractivity contribution in [1.29, 1.82) is 0 Å². The molecule has 0 amide bonds. The van der Waals surface area contributed by atoms with Crippen LogP contribution in [0.4, 0.5) is 17.1 Å². The van der Waals surface area contributed by atoms with Crippen LogP contribution in [0.1, 0.15) is 19.3 Å². The number of piperidine rings is 1. The topological polar surface area (TPSA) is 36.5 Å². The third-order valence-electron chi connectivity index (χ3n) is 4.19. The molecule has 5 heteroatoms. The summed E-state index contributed by atoms with van der Waals surface area (Å²) in [5.74, 6) is 0.827. The molecule has 2 aromatic carbocycles. The molecule has 0 spiro atoms. The fourth-order valence-electron chi connectivity index (χ4n) is 2.88. The van der Waals surface area contributed by atoms with Crippen LogP contribution in [0, 0.1) is 0 Å². The maximum absolute atomic E-state index is 5.37. The molecule has 1 saturated heterocycles. The van der Waals surface area contributed by atoms with Crippen molar-refractivity contribution >= 4 is 34.4 Å². The number of ether oxygens (including phenoxy) is 1. The van der Waals surface area contributed by atoms with Gasteiger partial charge in [0.05, 0.1) is 7.11 Å². The quantitative estimate of drug-likeness (QED) is 0.801. The molecule has 1 heterocycles. The monoisotopic (exact) mass is 341 g/mol. The van der Waals surface area contributed by atoms with Gasteiger partial charge in [0.15, 0.2) is 5.11 Å². The van der Waals surface area contributed by atoms with Crippen LogP contribution in [0.2, 0.25) is 0 Å². The van der Waals surface area contributed by atoms with Gasteiger partial charge in [-0.05, 0) is 80.0 Å². The largest absolute Gasteiger partial charge is 0.497 e. The Kier molecular flexibility index (Phi) is 5.54. The smallest absolute Gasteiger partial charge is 0.175 e. The van der Waals surface area contributed by atoms with Crippen LogP contribution < -0.4 is 20.3 Å². The molecule has 126 valence electrons. The van der Waals surface area contributed by atoms with Gasteiger partial charge in [0, 0.05) is 30.2 Å². The minimum atomic E-state index is 0.575. The van der Waals surface area contributed by atoms with Crippen LogP contribution in [0.25, 0.3) is 0 Å². The fraction of sp³-hybridized carbons (Fsp3) is 0.316. The number of benzene rings is 2. The molecule has 2 N–H and O–H groups in total. The van der Waals surface area contributed by atoms with Crippen molar-refractivity contribution in [2.24, 2.45) is 0 Å². The lowest BCUT2D eigenvalue weighted by Crippen LogP contribution is -2.29. The van der Waals surface area contributed by atoms with Crippen LogP contribution in [-0.4, -0.2) is 25.3 Å². The number of hydrogen-bond acceptors (Lipinski definition) is 3. The number of rotatable bonds is 4. The molecule has 3 rings (SSSR count). The third-order valence-corrected chi connectivity index (χ3v) is 4.40. The molecule has 2 aromatic rings. The number of anilines is 3. The highest BCUT2D eigenvalue weighted by atomic mass is 32.1. The van der Waals surface area contributed by atoms with E-state index in [1.54, 1.807) is 7.11 Å². The molecule has 24 heavy (non-hydrogen) atoms. The maximum atomic E-state index is 5.37. The minimum absolute atomic E-state index is 0.575.